The van der Waals surface area contributed by atoms with Crippen molar-refractivity contribution in [3.8, 4) is 0 Å². The minimum absolute atomic E-state index is 0. The van der Waals surface area contributed by atoms with Crippen LogP contribution in [-0.4, -0.2) is 49.8 Å². The molecule has 2 saturated heterocycles. The summed E-state index contributed by atoms with van der Waals surface area (Å²) >= 11 is 0. The van der Waals surface area contributed by atoms with Crippen molar-refractivity contribution in [2.24, 2.45) is 4.99 Å². The van der Waals surface area contributed by atoms with Crippen LogP contribution in [0.15, 0.2) is 29.3 Å². The van der Waals surface area contributed by atoms with Crippen molar-refractivity contribution >= 4 is 29.9 Å². The van der Waals surface area contributed by atoms with Gasteiger partial charge in [-0.15, -0.1) is 24.0 Å². The summed E-state index contributed by atoms with van der Waals surface area (Å²) in [6.07, 6.45) is 4.91. The summed E-state index contributed by atoms with van der Waals surface area (Å²) in [6, 6.07) is 8.65. The van der Waals surface area contributed by atoms with Crippen molar-refractivity contribution in [3.05, 3.63) is 35.4 Å². The summed E-state index contributed by atoms with van der Waals surface area (Å²) in [5.74, 6) is 1.05. The van der Waals surface area contributed by atoms with Gasteiger partial charge in [-0.1, -0.05) is 24.3 Å². The summed E-state index contributed by atoms with van der Waals surface area (Å²) in [6.45, 7) is 8.34. The Hall–Kier alpha value is -0.860. The van der Waals surface area contributed by atoms with Crippen LogP contribution in [0.2, 0.25) is 0 Å². The number of nitrogens with zero attached hydrogens (tertiary/aromatic N) is 2. The molecule has 146 valence electrons. The van der Waals surface area contributed by atoms with Crippen molar-refractivity contribution in [2.75, 3.05) is 32.8 Å². The predicted molar refractivity (Wildman–Crippen MR) is 116 cm³/mol. The number of likely N-dealkylation sites (tertiary alicyclic amines) is 1. The van der Waals surface area contributed by atoms with E-state index in [2.05, 4.69) is 41.4 Å². The second kappa shape index (κ2) is 11.8. The van der Waals surface area contributed by atoms with E-state index in [1.165, 1.54) is 24.0 Å². The number of rotatable bonds is 6. The van der Waals surface area contributed by atoms with Crippen LogP contribution in [0.1, 0.15) is 43.7 Å². The lowest BCUT2D eigenvalue weighted by Gasteiger charge is -2.22. The molecule has 3 rings (SSSR count). The maximum atomic E-state index is 5.98. The Morgan fingerprint density at radius 1 is 1.15 bits per heavy atom. The van der Waals surface area contributed by atoms with E-state index in [9.17, 15) is 0 Å². The van der Waals surface area contributed by atoms with Gasteiger partial charge in [0.1, 0.15) is 0 Å². The van der Waals surface area contributed by atoms with Gasteiger partial charge in [-0.3, -0.25) is 0 Å². The van der Waals surface area contributed by atoms with E-state index < -0.39 is 0 Å². The topological polar surface area (TPSA) is 46.1 Å². The van der Waals surface area contributed by atoms with E-state index in [1.807, 2.05) is 0 Å². The number of ether oxygens (including phenoxy) is 2. The van der Waals surface area contributed by atoms with Gasteiger partial charge in [0.05, 0.1) is 19.3 Å². The van der Waals surface area contributed by atoms with Gasteiger partial charge in [-0.25, -0.2) is 4.99 Å². The Bertz CT molecular complexity index is 538. The van der Waals surface area contributed by atoms with E-state index in [4.69, 9.17) is 14.5 Å². The summed E-state index contributed by atoms with van der Waals surface area (Å²) < 4.78 is 11.3. The Morgan fingerprint density at radius 3 is 2.46 bits per heavy atom. The molecule has 0 saturated carbocycles. The van der Waals surface area contributed by atoms with Crippen molar-refractivity contribution in [2.45, 2.75) is 51.9 Å². The highest BCUT2D eigenvalue weighted by Gasteiger charge is 2.15. The zero-order chi connectivity index (χ0) is 17.3. The van der Waals surface area contributed by atoms with Gasteiger partial charge >= 0.3 is 0 Å². The first-order valence-corrected chi connectivity index (χ1v) is 9.65. The molecule has 0 unspecified atom stereocenters. The molecule has 5 nitrogen and oxygen atoms in total. The average Bonchev–Trinajstić information content (AvgIpc) is 3.20. The Labute approximate surface area is 174 Å². The standard InChI is InChI=1S/C20H31N3O2.HI/c1-2-21-20(23-11-3-4-12-23)22-15-17-5-7-18(8-6-17)16-25-19-9-13-24-14-10-19;/h5-8,19H,2-4,9-16H2,1H3,(H,21,22);1H. The van der Waals surface area contributed by atoms with Crippen molar-refractivity contribution in [1.29, 1.82) is 0 Å². The SMILES string of the molecule is CCNC(=NCc1ccc(COC2CCOCC2)cc1)N1CCCC1.I. The smallest absolute Gasteiger partial charge is 0.194 e. The zero-order valence-corrected chi connectivity index (χ0v) is 18.1. The number of aliphatic imine (C=N–C) groups is 1. The molecule has 1 N–H and O–H groups in total. The number of benzene rings is 1. The van der Waals surface area contributed by atoms with Crippen LogP contribution >= 0.6 is 24.0 Å². The van der Waals surface area contributed by atoms with E-state index in [0.717, 1.165) is 58.2 Å². The first-order chi connectivity index (χ1) is 12.3. The van der Waals surface area contributed by atoms with Crippen molar-refractivity contribution < 1.29 is 9.47 Å². The number of hydrogen-bond acceptors (Lipinski definition) is 3. The second-order valence-electron chi connectivity index (χ2n) is 6.80. The molecule has 0 spiro atoms. The van der Waals surface area contributed by atoms with Crippen LogP contribution in [0, 0.1) is 0 Å². The third-order valence-corrected chi connectivity index (χ3v) is 4.83. The molecule has 0 bridgehead atoms. The lowest BCUT2D eigenvalue weighted by atomic mass is 10.1. The van der Waals surface area contributed by atoms with Gasteiger partial charge in [0.2, 0.25) is 0 Å². The molecule has 2 aliphatic rings. The molecular formula is C20H32IN3O2. The van der Waals surface area contributed by atoms with Gasteiger partial charge in [0, 0.05) is 32.8 Å². The molecule has 1 aromatic carbocycles. The number of guanidine groups is 1. The monoisotopic (exact) mass is 473 g/mol. The second-order valence-corrected chi connectivity index (χ2v) is 6.80. The van der Waals surface area contributed by atoms with Crippen molar-refractivity contribution in [1.82, 2.24) is 10.2 Å². The number of hydrogen-bond donors (Lipinski definition) is 1. The predicted octanol–water partition coefficient (Wildman–Crippen LogP) is 3.56. The van der Waals surface area contributed by atoms with Crippen LogP contribution < -0.4 is 5.32 Å². The molecule has 2 aliphatic heterocycles. The molecular weight excluding hydrogens is 441 g/mol. The van der Waals surface area contributed by atoms with E-state index in [1.54, 1.807) is 0 Å². The van der Waals surface area contributed by atoms with Crippen LogP contribution in [0.3, 0.4) is 0 Å². The quantitative estimate of drug-likeness (QED) is 0.390. The van der Waals surface area contributed by atoms with Gasteiger partial charge in [0.25, 0.3) is 0 Å². The normalized spacial score (nSPS) is 18.7. The lowest BCUT2D eigenvalue weighted by Crippen LogP contribution is -2.39. The molecule has 1 aromatic rings. The minimum Gasteiger partial charge on any atom is -0.381 e. The lowest BCUT2D eigenvalue weighted by molar-refractivity contribution is -0.0390. The van der Waals surface area contributed by atoms with Crippen molar-refractivity contribution in [3.63, 3.8) is 0 Å². The highest BCUT2D eigenvalue weighted by molar-refractivity contribution is 14.0. The summed E-state index contributed by atoms with van der Waals surface area (Å²) in [4.78, 5) is 7.16. The van der Waals surface area contributed by atoms with Crippen LogP contribution in [0.25, 0.3) is 0 Å². The molecule has 0 aromatic heterocycles. The van der Waals surface area contributed by atoms with Gasteiger partial charge < -0.3 is 19.7 Å². The maximum Gasteiger partial charge on any atom is 0.194 e. The minimum atomic E-state index is 0. The molecule has 6 heteroatoms. The van der Waals surface area contributed by atoms with Crippen LogP contribution in [0.4, 0.5) is 0 Å². The molecule has 0 aliphatic carbocycles. The summed E-state index contributed by atoms with van der Waals surface area (Å²) in [7, 11) is 0. The zero-order valence-electron chi connectivity index (χ0n) is 15.8. The molecule has 0 radical (unpaired) electrons. The number of halogens is 1. The molecule has 2 fully saturated rings. The summed E-state index contributed by atoms with van der Waals surface area (Å²) in [5, 5.41) is 3.41. The fourth-order valence-electron chi connectivity index (χ4n) is 3.32. The highest BCUT2D eigenvalue weighted by atomic mass is 127. The fourth-order valence-corrected chi connectivity index (χ4v) is 3.32. The molecule has 0 amide bonds. The van der Waals surface area contributed by atoms with Crippen LogP contribution in [-0.2, 0) is 22.6 Å². The highest BCUT2D eigenvalue weighted by Crippen LogP contribution is 2.14. The fraction of sp³-hybridized carbons (Fsp3) is 0.650. The molecule has 26 heavy (non-hydrogen) atoms. The van der Waals surface area contributed by atoms with Gasteiger partial charge in [-0.05, 0) is 43.7 Å². The summed E-state index contributed by atoms with van der Waals surface area (Å²) in [5.41, 5.74) is 2.47. The Morgan fingerprint density at radius 2 is 1.81 bits per heavy atom. The van der Waals surface area contributed by atoms with Gasteiger partial charge in [-0.2, -0.15) is 0 Å². The first kappa shape index (κ1) is 21.4. The Balaban J connectivity index is 0.00000243. The van der Waals surface area contributed by atoms with E-state index in [-0.39, 0.29) is 24.0 Å². The third-order valence-electron chi connectivity index (χ3n) is 4.83. The third kappa shape index (κ3) is 6.70. The van der Waals surface area contributed by atoms with E-state index >= 15 is 0 Å². The average molecular weight is 473 g/mol. The molecule has 2 heterocycles. The van der Waals surface area contributed by atoms with Crippen LogP contribution in [0.5, 0.6) is 0 Å². The molecule has 0 atom stereocenters. The Kier molecular flexibility index (Phi) is 9.71. The van der Waals surface area contributed by atoms with Gasteiger partial charge in [0.15, 0.2) is 5.96 Å². The maximum absolute atomic E-state index is 5.98. The first-order valence-electron chi connectivity index (χ1n) is 9.65. The largest absolute Gasteiger partial charge is 0.381 e. The van der Waals surface area contributed by atoms with E-state index in [0.29, 0.717) is 12.7 Å². The number of nitrogens with one attached hydrogen (secondary N) is 1.